The molecule has 3 rings (SSSR count). The Morgan fingerprint density at radius 3 is 2.35 bits per heavy atom. The van der Waals surface area contributed by atoms with Crippen LogP contribution in [-0.4, -0.2) is 10.2 Å². The maximum absolute atomic E-state index is 9.72. The van der Waals surface area contributed by atoms with Crippen molar-refractivity contribution in [1.29, 1.82) is 0 Å². The zero-order valence-electron chi connectivity index (χ0n) is 10.8. The van der Waals surface area contributed by atoms with Crippen molar-refractivity contribution in [2.45, 2.75) is 0 Å². The third-order valence-electron chi connectivity index (χ3n) is 3.24. The first-order valence-corrected chi connectivity index (χ1v) is 6.41. The highest BCUT2D eigenvalue weighted by Gasteiger charge is 1.99. The van der Waals surface area contributed by atoms with Crippen molar-refractivity contribution in [3.8, 4) is 11.5 Å². The van der Waals surface area contributed by atoms with Gasteiger partial charge in [0.1, 0.15) is 11.5 Å². The largest absolute Gasteiger partial charge is 0.508 e. The van der Waals surface area contributed by atoms with Gasteiger partial charge in [0.2, 0.25) is 0 Å². The van der Waals surface area contributed by atoms with E-state index in [2.05, 4.69) is 24.3 Å². The summed E-state index contributed by atoms with van der Waals surface area (Å²) in [6.45, 7) is 0. The molecule has 3 aromatic carbocycles. The van der Waals surface area contributed by atoms with E-state index in [4.69, 9.17) is 0 Å². The van der Waals surface area contributed by atoms with Gasteiger partial charge in [-0.15, -0.1) is 0 Å². The molecule has 2 N–H and O–H groups in total. The minimum atomic E-state index is 0.140. The lowest BCUT2D eigenvalue weighted by atomic mass is 10.1. The summed E-state index contributed by atoms with van der Waals surface area (Å²) in [7, 11) is 0. The second-order valence-electron chi connectivity index (χ2n) is 4.68. The predicted molar refractivity (Wildman–Crippen MR) is 82.6 cm³/mol. The SMILES string of the molecule is Oc1ccc(O)c(C=Cc2ccc3ccccc3c2)c1. The lowest BCUT2D eigenvalue weighted by Crippen LogP contribution is -1.77. The Balaban J connectivity index is 1.96. The van der Waals surface area contributed by atoms with Crippen molar-refractivity contribution in [1.82, 2.24) is 0 Å². The van der Waals surface area contributed by atoms with Crippen molar-refractivity contribution >= 4 is 22.9 Å². The fraction of sp³-hybridized carbons (Fsp3) is 0. The average Bonchev–Trinajstić information content (AvgIpc) is 2.48. The van der Waals surface area contributed by atoms with Gasteiger partial charge in [0.25, 0.3) is 0 Å². The summed E-state index contributed by atoms with van der Waals surface area (Å²) in [5.74, 6) is 0.292. The Hall–Kier alpha value is -2.74. The Kier molecular flexibility index (Phi) is 3.13. The maximum Gasteiger partial charge on any atom is 0.123 e. The first kappa shape index (κ1) is 12.3. The molecule has 3 aromatic rings. The number of benzene rings is 3. The molecule has 2 heteroatoms. The van der Waals surface area contributed by atoms with Crippen molar-refractivity contribution in [3.63, 3.8) is 0 Å². The third kappa shape index (κ3) is 2.50. The number of rotatable bonds is 2. The monoisotopic (exact) mass is 262 g/mol. The van der Waals surface area contributed by atoms with Crippen LogP contribution in [0.25, 0.3) is 22.9 Å². The molecule has 0 radical (unpaired) electrons. The van der Waals surface area contributed by atoms with Crippen LogP contribution in [0.15, 0.2) is 60.7 Å². The minimum absolute atomic E-state index is 0.140. The smallest absolute Gasteiger partial charge is 0.123 e. The van der Waals surface area contributed by atoms with E-state index in [1.54, 1.807) is 6.08 Å². The Morgan fingerprint density at radius 1 is 0.700 bits per heavy atom. The quantitative estimate of drug-likeness (QED) is 0.530. The predicted octanol–water partition coefficient (Wildman–Crippen LogP) is 4.42. The van der Waals surface area contributed by atoms with Gasteiger partial charge in [-0.1, -0.05) is 48.6 Å². The van der Waals surface area contributed by atoms with E-state index in [1.807, 2.05) is 24.3 Å². The molecule has 2 nitrogen and oxygen atoms in total. The van der Waals surface area contributed by atoms with Crippen molar-refractivity contribution in [2.75, 3.05) is 0 Å². The number of hydrogen-bond acceptors (Lipinski definition) is 2. The molecule has 0 atom stereocenters. The number of fused-ring (bicyclic) bond motifs is 1. The van der Waals surface area contributed by atoms with Crippen LogP contribution in [-0.2, 0) is 0 Å². The summed E-state index contributed by atoms with van der Waals surface area (Å²) in [4.78, 5) is 0. The average molecular weight is 262 g/mol. The second kappa shape index (κ2) is 5.10. The second-order valence-corrected chi connectivity index (χ2v) is 4.68. The molecular formula is C18H14O2. The van der Waals surface area contributed by atoms with E-state index in [-0.39, 0.29) is 11.5 Å². The Bertz CT molecular complexity index is 788. The van der Waals surface area contributed by atoms with E-state index in [0.29, 0.717) is 5.56 Å². The molecule has 0 bridgehead atoms. The zero-order valence-corrected chi connectivity index (χ0v) is 10.8. The highest BCUT2D eigenvalue weighted by Crippen LogP contribution is 2.24. The van der Waals surface area contributed by atoms with Crippen LogP contribution >= 0.6 is 0 Å². The van der Waals surface area contributed by atoms with Crippen molar-refractivity contribution in [3.05, 3.63) is 71.8 Å². The van der Waals surface area contributed by atoms with E-state index in [1.165, 1.54) is 29.0 Å². The van der Waals surface area contributed by atoms with Gasteiger partial charge in [0.15, 0.2) is 0 Å². The summed E-state index contributed by atoms with van der Waals surface area (Å²) >= 11 is 0. The number of phenolic OH excluding ortho intramolecular Hbond substituents is 2. The van der Waals surface area contributed by atoms with Gasteiger partial charge in [0.05, 0.1) is 0 Å². The van der Waals surface area contributed by atoms with E-state index >= 15 is 0 Å². The van der Waals surface area contributed by atoms with E-state index in [0.717, 1.165) is 5.56 Å². The minimum Gasteiger partial charge on any atom is -0.508 e. The first-order valence-electron chi connectivity index (χ1n) is 6.41. The molecule has 20 heavy (non-hydrogen) atoms. The maximum atomic E-state index is 9.72. The van der Waals surface area contributed by atoms with E-state index in [9.17, 15) is 10.2 Å². The first-order chi connectivity index (χ1) is 9.72. The topological polar surface area (TPSA) is 40.5 Å². The van der Waals surface area contributed by atoms with Crippen LogP contribution in [0.2, 0.25) is 0 Å². The standard InChI is InChI=1S/C18H14O2/c19-17-9-10-18(20)16(12-17)8-6-13-5-7-14-3-1-2-4-15(14)11-13/h1-12,19-20H. The fourth-order valence-corrected chi connectivity index (χ4v) is 2.17. The molecule has 0 aliphatic rings. The van der Waals surface area contributed by atoms with Gasteiger partial charge < -0.3 is 10.2 Å². The number of phenols is 2. The Labute approximate surface area is 117 Å². The highest BCUT2D eigenvalue weighted by molar-refractivity contribution is 5.86. The molecule has 0 aromatic heterocycles. The van der Waals surface area contributed by atoms with Gasteiger partial charge in [-0.3, -0.25) is 0 Å². The molecule has 0 spiro atoms. The van der Waals surface area contributed by atoms with Crippen LogP contribution in [0.1, 0.15) is 11.1 Å². The summed E-state index contributed by atoms with van der Waals surface area (Å²) in [6, 6.07) is 18.8. The summed E-state index contributed by atoms with van der Waals surface area (Å²) in [5, 5.41) is 21.5. The number of aromatic hydroxyl groups is 2. The van der Waals surface area contributed by atoms with Crippen LogP contribution in [0.4, 0.5) is 0 Å². The van der Waals surface area contributed by atoms with Gasteiger partial charge >= 0.3 is 0 Å². The lowest BCUT2D eigenvalue weighted by molar-refractivity contribution is 0.459. The molecule has 0 heterocycles. The highest BCUT2D eigenvalue weighted by atomic mass is 16.3. The lowest BCUT2D eigenvalue weighted by Gasteiger charge is -2.01. The Morgan fingerprint density at radius 2 is 1.50 bits per heavy atom. The van der Waals surface area contributed by atoms with Gasteiger partial charge in [0, 0.05) is 5.56 Å². The van der Waals surface area contributed by atoms with Crippen LogP contribution in [0.3, 0.4) is 0 Å². The van der Waals surface area contributed by atoms with Crippen molar-refractivity contribution in [2.24, 2.45) is 0 Å². The fourth-order valence-electron chi connectivity index (χ4n) is 2.17. The summed E-state index contributed by atoms with van der Waals surface area (Å²) in [5.41, 5.74) is 1.64. The molecule has 0 amide bonds. The van der Waals surface area contributed by atoms with Crippen molar-refractivity contribution < 1.29 is 10.2 Å². The van der Waals surface area contributed by atoms with E-state index < -0.39 is 0 Å². The molecule has 0 saturated carbocycles. The molecule has 0 fully saturated rings. The van der Waals surface area contributed by atoms with Crippen LogP contribution < -0.4 is 0 Å². The molecule has 0 aliphatic carbocycles. The summed E-state index contributed by atoms with van der Waals surface area (Å²) < 4.78 is 0. The molecule has 0 aliphatic heterocycles. The molecule has 0 saturated heterocycles. The van der Waals surface area contributed by atoms with Gasteiger partial charge in [-0.2, -0.15) is 0 Å². The van der Waals surface area contributed by atoms with Gasteiger partial charge in [-0.25, -0.2) is 0 Å². The van der Waals surface area contributed by atoms with Gasteiger partial charge in [-0.05, 0) is 40.6 Å². The van der Waals surface area contributed by atoms with Crippen LogP contribution in [0.5, 0.6) is 11.5 Å². The molecule has 98 valence electrons. The third-order valence-corrected chi connectivity index (χ3v) is 3.24. The number of hydrogen-bond donors (Lipinski definition) is 2. The zero-order chi connectivity index (χ0) is 13.9. The summed E-state index contributed by atoms with van der Waals surface area (Å²) in [6.07, 6.45) is 3.71. The molecule has 0 unspecified atom stereocenters. The van der Waals surface area contributed by atoms with Crippen LogP contribution in [0, 0.1) is 0 Å². The molecular weight excluding hydrogens is 248 g/mol. The normalized spacial score (nSPS) is 11.2.